The van der Waals surface area contributed by atoms with Crippen molar-refractivity contribution in [3.05, 3.63) is 18.0 Å². The molecule has 0 aromatic carbocycles. The summed E-state index contributed by atoms with van der Waals surface area (Å²) < 4.78 is 1.99. The van der Waals surface area contributed by atoms with Crippen LogP contribution in [-0.2, 0) is 6.54 Å². The van der Waals surface area contributed by atoms with E-state index in [0.717, 1.165) is 19.5 Å². The van der Waals surface area contributed by atoms with E-state index in [-0.39, 0.29) is 6.04 Å². The molecule has 2 heterocycles. The van der Waals surface area contributed by atoms with E-state index in [9.17, 15) is 0 Å². The highest BCUT2D eigenvalue weighted by Gasteiger charge is 2.30. The predicted molar refractivity (Wildman–Crippen MR) is 68.7 cm³/mol. The van der Waals surface area contributed by atoms with Crippen molar-refractivity contribution in [2.75, 3.05) is 6.54 Å². The molecule has 1 aromatic rings. The largest absolute Gasteiger partial charge is 0.370 e. The van der Waals surface area contributed by atoms with Crippen LogP contribution in [0.2, 0.25) is 0 Å². The Morgan fingerprint density at radius 2 is 2.29 bits per heavy atom. The van der Waals surface area contributed by atoms with Crippen molar-refractivity contribution in [2.45, 2.75) is 45.8 Å². The quantitative estimate of drug-likeness (QED) is 0.857. The van der Waals surface area contributed by atoms with Crippen LogP contribution in [0.4, 0.5) is 0 Å². The van der Waals surface area contributed by atoms with Crippen molar-refractivity contribution in [2.24, 2.45) is 10.7 Å². The molecule has 0 radical (unpaired) electrons. The fourth-order valence-electron chi connectivity index (χ4n) is 2.30. The van der Waals surface area contributed by atoms with E-state index in [1.54, 1.807) is 0 Å². The van der Waals surface area contributed by atoms with Gasteiger partial charge in [-0.1, -0.05) is 6.92 Å². The Bertz CT molecular complexity index is 407. The average molecular weight is 235 g/mol. The lowest BCUT2D eigenvalue weighted by Crippen LogP contribution is -2.40. The summed E-state index contributed by atoms with van der Waals surface area (Å²) in [6.07, 6.45) is 5.14. The summed E-state index contributed by atoms with van der Waals surface area (Å²) in [5, 5.41) is 4.37. The molecule has 1 aromatic heterocycles. The van der Waals surface area contributed by atoms with Crippen molar-refractivity contribution < 1.29 is 0 Å². The van der Waals surface area contributed by atoms with Gasteiger partial charge in [-0.15, -0.1) is 0 Å². The third-order valence-electron chi connectivity index (χ3n) is 3.07. The number of aromatic nitrogens is 2. The molecule has 17 heavy (non-hydrogen) atoms. The lowest BCUT2D eigenvalue weighted by Gasteiger charge is -2.29. The molecule has 1 atom stereocenters. The zero-order valence-electron chi connectivity index (χ0n) is 10.8. The van der Waals surface area contributed by atoms with Gasteiger partial charge in [0.15, 0.2) is 5.96 Å². The number of aryl methyl sites for hydroxylation is 1. The zero-order valence-corrected chi connectivity index (χ0v) is 10.8. The summed E-state index contributed by atoms with van der Waals surface area (Å²) in [4.78, 5) is 6.50. The normalized spacial score (nSPS) is 20.1. The molecule has 0 aliphatic carbocycles. The van der Waals surface area contributed by atoms with Crippen LogP contribution in [0.3, 0.4) is 0 Å². The summed E-state index contributed by atoms with van der Waals surface area (Å²) in [7, 11) is 0. The Morgan fingerprint density at radius 3 is 2.94 bits per heavy atom. The molecule has 0 saturated heterocycles. The van der Waals surface area contributed by atoms with Gasteiger partial charge < -0.3 is 10.6 Å². The summed E-state index contributed by atoms with van der Waals surface area (Å²) in [6.45, 7) is 8.12. The van der Waals surface area contributed by atoms with Gasteiger partial charge in [0.2, 0.25) is 0 Å². The third-order valence-corrected chi connectivity index (χ3v) is 3.07. The van der Waals surface area contributed by atoms with E-state index in [4.69, 9.17) is 5.73 Å². The first kappa shape index (κ1) is 12.0. The molecule has 2 N–H and O–H groups in total. The first-order valence-electron chi connectivity index (χ1n) is 6.24. The van der Waals surface area contributed by atoms with Crippen molar-refractivity contribution in [3.63, 3.8) is 0 Å². The van der Waals surface area contributed by atoms with Crippen LogP contribution >= 0.6 is 0 Å². The maximum absolute atomic E-state index is 5.92. The van der Waals surface area contributed by atoms with Gasteiger partial charge >= 0.3 is 0 Å². The van der Waals surface area contributed by atoms with Crippen LogP contribution in [0.1, 0.15) is 38.8 Å². The molecule has 0 amide bonds. The van der Waals surface area contributed by atoms with Gasteiger partial charge in [-0.05, 0) is 20.3 Å². The first-order chi connectivity index (χ1) is 8.13. The van der Waals surface area contributed by atoms with Gasteiger partial charge in [-0.2, -0.15) is 5.10 Å². The Hall–Kier alpha value is -1.52. The van der Waals surface area contributed by atoms with Crippen LogP contribution in [0, 0.1) is 0 Å². The number of hydrogen-bond donors (Lipinski definition) is 1. The highest BCUT2D eigenvalue weighted by Crippen LogP contribution is 2.26. The number of hydrogen-bond acceptors (Lipinski definition) is 4. The Morgan fingerprint density at radius 1 is 1.53 bits per heavy atom. The Balaban J connectivity index is 2.16. The van der Waals surface area contributed by atoms with Gasteiger partial charge in [-0.3, -0.25) is 9.67 Å². The average Bonchev–Trinajstić information content (AvgIpc) is 2.84. The maximum Gasteiger partial charge on any atom is 0.192 e. The van der Waals surface area contributed by atoms with Crippen molar-refractivity contribution in [1.82, 2.24) is 14.7 Å². The molecular weight excluding hydrogens is 214 g/mol. The molecular formula is C12H21N5. The number of nitrogens with two attached hydrogens (primary N) is 1. The predicted octanol–water partition coefficient (Wildman–Crippen LogP) is 1.37. The van der Waals surface area contributed by atoms with Crippen molar-refractivity contribution >= 4 is 5.96 Å². The minimum atomic E-state index is 0.251. The Kier molecular flexibility index (Phi) is 3.36. The molecule has 0 saturated carbocycles. The van der Waals surface area contributed by atoms with E-state index in [1.807, 2.05) is 10.9 Å². The second kappa shape index (κ2) is 4.77. The van der Waals surface area contributed by atoms with E-state index in [2.05, 4.69) is 42.0 Å². The van der Waals surface area contributed by atoms with Crippen LogP contribution in [0.5, 0.6) is 0 Å². The lowest BCUT2D eigenvalue weighted by molar-refractivity contribution is 0.290. The first-order valence-corrected chi connectivity index (χ1v) is 6.24. The molecule has 2 rings (SSSR count). The van der Waals surface area contributed by atoms with E-state index >= 15 is 0 Å². The second-order valence-corrected chi connectivity index (χ2v) is 4.75. The molecule has 5 heteroatoms. The van der Waals surface area contributed by atoms with Crippen LogP contribution < -0.4 is 5.73 Å². The SMILES string of the molecule is CCCn1cc(C2CN=C(N)N2C(C)C)cn1. The van der Waals surface area contributed by atoms with E-state index in [0.29, 0.717) is 12.0 Å². The van der Waals surface area contributed by atoms with Gasteiger partial charge in [0.25, 0.3) is 0 Å². The van der Waals surface area contributed by atoms with Crippen LogP contribution in [-0.4, -0.2) is 33.2 Å². The standard InChI is InChI=1S/C12H21N5/c1-4-5-16-8-10(6-15-16)11-7-14-12(13)17(11)9(2)3/h6,8-9,11H,4-5,7H2,1-3H3,(H2,13,14). The van der Waals surface area contributed by atoms with Gasteiger partial charge in [-0.25, -0.2) is 0 Å². The van der Waals surface area contributed by atoms with E-state index < -0.39 is 0 Å². The molecule has 1 unspecified atom stereocenters. The molecule has 5 nitrogen and oxygen atoms in total. The highest BCUT2D eigenvalue weighted by atomic mass is 15.3. The molecule has 1 aliphatic rings. The van der Waals surface area contributed by atoms with E-state index in [1.165, 1.54) is 5.56 Å². The molecule has 1 aliphatic heterocycles. The van der Waals surface area contributed by atoms with Gasteiger partial charge in [0.1, 0.15) is 0 Å². The molecule has 0 bridgehead atoms. The Labute approximate surface area is 102 Å². The summed E-state index contributed by atoms with van der Waals surface area (Å²) in [5.74, 6) is 0.647. The van der Waals surface area contributed by atoms with Crippen molar-refractivity contribution in [3.8, 4) is 0 Å². The summed E-state index contributed by atoms with van der Waals surface area (Å²) >= 11 is 0. The van der Waals surface area contributed by atoms with Crippen LogP contribution in [0.15, 0.2) is 17.4 Å². The maximum atomic E-state index is 5.92. The van der Waals surface area contributed by atoms with Crippen molar-refractivity contribution in [1.29, 1.82) is 0 Å². The third kappa shape index (κ3) is 2.28. The number of nitrogens with zero attached hydrogens (tertiary/aromatic N) is 4. The monoisotopic (exact) mass is 235 g/mol. The fourth-order valence-corrected chi connectivity index (χ4v) is 2.30. The van der Waals surface area contributed by atoms with Gasteiger partial charge in [0.05, 0.1) is 18.8 Å². The number of guanidine groups is 1. The fraction of sp³-hybridized carbons (Fsp3) is 0.667. The summed E-state index contributed by atoms with van der Waals surface area (Å²) in [5.41, 5.74) is 7.13. The molecule has 94 valence electrons. The highest BCUT2D eigenvalue weighted by molar-refractivity contribution is 5.80. The summed E-state index contributed by atoms with van der Waals surface area (Å²) in [6, 6.07) is 0.612. The topological polar surface area (TPSA) is 59.4 Å². The number of rotatable bonds is 4. The van der Waals surface area contributed by atoms with Crippen LogP contribution in [0.25, 0.3) is 0 Å². The molecule has 0 spiro atoms. The van der Waals surface area contributed by atoms with Gasteiger partial charge in [0, 0.05) is 24.3 Å². The smallest absolute Gasteiger partial charge is 0.192 e. The molecule has 0 fully saturated rings. The number of aliphatic imine (C=N–C) groups is 1. The minimum absolute atomic E-state index is 0.251. The zero-order chi connectivity index (χ0) is 12.4. The minimum Gasteiger partial charge on any atom is -0.370 e. The lowest BCUT2D eigenvalue weighted by atomic mass is 10.1. The second-order valence-electron chi connectivity index (χ2n) is 4.75.